The second-order valence-corrected chi connectivity index (χ2v) is 4.40. The molecule has 0 saturated carbocycles. The van der Waals surface area contributed by atoms with Gasteiger partial charge in [-0.05, 0) is 32.0 Å². The number of aromatic carboxylic acids is 1. The second kappa shape index (κ2) is 5.58. The Balaban J connectivity index is 2.26. The maximum absolute atomic E-state index is 10.9. The smallest absolute Gasteiger partial charge is 0.337 e. The molecule has 0 atom stereocenters. The van der Waals surface area contributed by atoms with Crippen molar-refractivity contribution < 1.29 is 19.6 Å². The number of carbonyl (C=O) groups is 1. The quantitative estimate of drug-likeness (QED) is 0.685. The molecule has 0 fully saturated rings. The van der Waals surface area contributed by atoms with Gasteiger partial charge < -0.3 is 9.84 Å². The minimum absolute atomic E-state index is 0.00714. The van der Waals surface area contributed by atoms with Crippen LogP contribution in [0.5, 0.6) is 11.6 Å². The molecule has 0 saturated heterocycles. The van der Waals surface area contributed by atoms with Gasteiger partial charge in [0.05, 0.1) is 16.2 Å². The number of rotatable bonds is 4. The fourth-order valence-corrected chi connectivity index (χ4v) is 1.84. The summed E-state index contributed by atoms with van der Waals surface area (Å²) < 4.78 is 5.48. The van der Waals surface area contributed by atoms with Gasteiger partial charge >= 0.3 is 5.97 Å². The Morgan fingerprint density at radius 3 is 2.52 bits per heavy atom. The van der Waals surface area contributed by atoms with E-state index >= 15 is 0 Å². The summed E-state index contributed by atoms with van der Waals surface area (Å²) in [6.45, 7) is 3.18. The molecule has 108 valence electrons. The van der Waals surface area contributed by atoms with Crippen LogP contribution in [-0.4, -0.2) is 21.0 Å². The largest absolute Gasteiger partial charge is 0.478 e. The first kappa shape index (κ1) is 14.4. The molecule has 0 aliphatic heterocycles. The van der Waals surface area contributed by atoms with Crippen LogP contribution in [0, 0.1) is 24.0 Å². The van der Waals surface area contributed by atoms with Crippen molar-refractivity contribution in [3.05, 3.63) is 57.3 Å². The lowest BCUT2D eigenvalue weighted by Crippen LogP contribution is -2.02. The fourth-order valence-electron chi connectivity index (χ4n) is 1.84. The van der Waals surface area contributed by atoms with Gasteiger partial charge in [0.1, 0.15) is 5.75 Å². The van der Waals surface area contributed by atoms with Crippen molar-refractivity contribution in [2.75, 3.05) is 0 Å². The first-order valence-corrected chi connectivity index (χ1v) is 6.02. The zero-order valence-corrected chi connectivity index (χ0v) is 11.4. The first-order valence-electron chi connectivity index (χ1n) is 6.02. The summed E-state index contributed by atoms with van der Waals surface area (Å²) in [6, 6.07) is 7.18. The topological polar surface area (TPSA) is 103 Å². The van der Waals surface area contributed by atoms with Gasteiger partial charge in [-0.3, -0.25) is 10.1 Å². The summed E-state index contributed by atoms with van der Waals surface area (Å²) in [7, 11) is 0. The van der Waals surface area contributed by atoms with Crippen LogP contribution in [-0.2, 0) is 0 Å². The van der Waals surface area contributed by atoms with Crippen molar-refractivity contribution in [1.82, 2.24) is 4.98 Å². The molecule has 0 aliphatic rings. The van der Waals surface area contributed by atoms with Crippen LogP contribution in [0.4, 0.5) is 5.69 Å². The minimum atomic E-state index is -1.06. The van der Waals surface area contributed by atoms with E-state index in [-0.39, 0.29) is 17.1 Å². The molecule has 0 bridgehead atoms. The van der Waals surface area contributed by atoms with E-state index in [2.05, 4.69) is 4.98 Å². The van der Waals surface area contributed by atoms with Gasteiger partial charge in [0.2, 0.25) is 5.88 Å². The Morgan fingerprint density at radius 2 is 2.00 bits per heavy atom. The zero-order valence-electron chi connectivity index (χ0n) is 11.4. The molecule has 1 aromatic heterocycles. The lowest BCUT2D eigenvalue weighted by Gasteiger charge is -2.07. The number of benzene rings is 1. The van der Waals surface area contributed by atoms with Gasteiger partial charge in [0, 0.05) is 17.7 Å². The highest BCUT2D eigenvalue weighted by Gasteiger charge is 2.13. The van der Waals surface area contributed by atoms with Gasteiger partial charge in [-0.1, -0.05) is 0 Å². The van der Waals surface area contributed by atoms with Gasteiger partial charge in [-0.25, -0.2) is 9.78 Å². The Hall–Kier alpha value is -2.96. The number of aryl methyl sites for hydroxylation is 2. The third kappa shape index (κ3) is 3.14. The molecule has 2 aromatic rings. The Bertz CT molecular complexity index is 666. The van der Waals surface area contributed by atoms with Crippen LogP contribution in [0.1, 0.15) is 21.6 Å². The Labute approximate surface area is 120 Å². The summed E-state index contributed by atoms with van der Waals surface area (Å²) >= 11 is 0. The maximum Gasteiger partial charge on any atom is 0.337 e. The highest BCUT2D eigenvalue weighted by Crippen LogP contribution is 2.26. The van der Waals surface area contributed by atoms with E-state index in [1.54, 1.807) is 13.8 Å². The normalized spacial score (nSPS) is 10.2. The third-order valence-electron chi connectivity index (χ3n) is 2.88. The molecule has 0 amide bonds. The summed E-state index contributed by atoms with van der Waals surface area (Å²) in [6.07, 6.45) is 0. The standard InChI is InChI=1S/C14H12N2O5/c1-8-7-10(3-5-12(8)16(19)20)21-13-6-4-11(14(17)18)9(2)15-13/h3-7H,1-2H3,(H,17,18). The highest BCUT2D eigenvalue weighted by molar-refractivity contribution is 5.88. The van der Waals surface area contributed by atoms with Crippen LogP contribution < -0.4 is 4.74 Å². The van der Waals surface area contributed by atoms with Crippen molar-refractivity contribution in [3.8, 4) is 11.6 Å². The van der Waals surface area contributed by atoms with E-state index in [9.17, 15) is 14.9 Å². The summed E-state index contributed by atoms with van der Waals surface area (Å²) in [5.74, 6) is -0.434. The van der Waals surface area contributed by atoms with E-state index in [1.807, 2.05) is 0 Å². The lowest BCUT2D eigenvalue weighted by atomic mass is 10.2. The van der Waals surface area contributed by atoms with Crippen molar-refractivity contribution in [3.63, 3.8) is 0 Å². The van der Waals surface area contributed by atoms with Gasteiger partial charge in [0.15, 0.2) is 0 Å². The van der Waals surface area contributed by atoms with Crippen LogP contribution in [0.2, 0.25) is 0 Å². The molecular formula is C14H12N2O5. The summed E-state index contributed by atoms with van der Waals surface area (Å²) in [5.41, 5.74) is 0.907. The molecule has 0 unspecified atom stereocenters. The molecule has 0 spiro atoms. The van der Waals surface area contributed by atoms with Gasteiger partial charge in [-0.15, -0.1) is 0 Å². The third-order valence-corrected chi connectivity index (χ3v) is 2.88. The van der Waals surface area contributed by atoms with Crippen LogP contribution in [0.3, 0.4) is 0 Å². The SMILES string of the molecule is Cc1cc(Oc2ccc(C(=O)O)c(C)n2)ccc1[N+](=O)[O-]. The van der Waals surface area contributed by atoms with E-state index in [0.717, 1.165) is 0 Å². The van der Waals surface area contributed by atoms with E-state index in [1.165, 1.54) is 30.3 Å². The number of carboxylic acid groups (broad SMARTS) is 1. The monoisotopic (exact) mass is 288 g/mol. The van der Waals surface area contributed by atoms with Crippen LogP contribution in [0.15, 0.2) is 30.3 Å². The molecule has 2 rings (SSSR count). The average molecular weight is 288 g/mol. The number of nitro groups is 1. The molecule has 1 aromatic carbocycles. The summed E-state index contributed by atoms with van der Waals surface area (Å²) in [4.78, 5) is 25.2. The Morgan fingerprint density at radius 1 is 1.29 bits per heavy atom. The number of hydrogen-bond donors (Lipinski definition) is 1. The number of aromatic nitrogens is 1. The van der Waals surface area contributed by atoms with Gasteiger partial charge in [-0.2, -0.15) is 0 Å². The average Bonchev–Trinajstić information content (AvgIpc) is 2.37. The number of ether oxygens (including phenoxy) is 1. The zero-order chi connectivity index (χ0) is 15.6. The van der Waals surface area contributed by atoms with Crippen LogP contribution >= 0.6 is 0 Å². The van der Waals surface area contributed by atoms with Crippen LogP contribution in [0.25, 0.3) is 0 Å². The van der Waals surface area contributed by atoms with E-state index in [4.69, 9.17) is 9.84 Å². The fraction of sp³-hybridized carbons (Fsp3) is 0.143. The van der Waals surface area contributed by atoms with Crippen molar-refractivity contribution in [2.24, 2.45) is 0 Å². The Kier molecular flexibility index (Phi) is 3.84. The molecule has 0 radical (unpaired) electrons. The number of nitrogens with zero attached hydrogens (tertiary/aromatic N) is 2. The van der Waals surface area contributed by atoms with E-state index < -0.39 is 10.9 Å². The number of hydrogen-bond acceptors (Lipinski definition) is 5. The number of carboxylic acids is 1. The van der Waals surface area contributed by atoms with E-state index in [0.29, 0.717) is 17.0 Å². The molecule has 1 N–H and O–H groups in total. The second-order valence-electron chi connectivity index (χ2n) is 4.40. The molecule has 0 aliphatic carbocycles. The van der Waals surface area contributed by atoms with Gasteiger partial charge in [0.25, 0.3) is 5.69 Å². The van der Waals surface area contributed by atoms with Crippen molar-refractivity contribution in [2.45, 2.75) is 13.8 Å². The lowest BCUT2D eigenvalue weighted by molar-refractivity contribution is -0.385. The van der Waals surface area contributed by atoms with Crippen molar-refractivity contribution >= 4 is 11.7 Å². The minimum Gasteiger partial charge on any atom is -0.478 e. The number of pyridine rings is 1. The predicted octanol–water partition coefficient (Wildman–Crippen LogP) is 3.10. The predicted molar refractivity (Wildman–Crippen MR) is 73.8 cm³/mol. The molecule has 1 heterocycles. The molecular weight excluding hydrogens is 276 g/mol. The maximum atomic E-state index is 10.9. The first-order chi connectivity index (χ1) is 9.88. The number of nitro benzene ring substituents is 1. The molecule has 7 nitrogen and oxygen atoms in total. The summed E-state index contributed by atoms with van der Waals surface area (Å²) in [5, 5.41) is 19.7. The highest BCUT2D eigenvalue weighted by atomic mass is 16.6. The molecule has 7 heteroatoms. The molecule has 21 heavy (non-hydrogen) atoms. The van der Waals surface area contributed by atoms with Crippen molar-refractivity contribution in [1.29, 1.82) is 0 Å².